The van der Waals surface area contributed by atoms with Gasteiger partial charge in [0.2, 0.25) is 5.91 Å². The molecule has 0 aromatic heterocycles. The van der Waals surface area contributed by atoms with Gasteiger partial charge in [0, 0.05) is 13.1 Å². The fraction of sp³-hybridized carbons (Fsp3) is 0.900. The average molecular weight is 281 g/mol. The minimum absolute atomic E-state index is 0.0727. The van der Waals surface area contributed by atoms with E-state index in [1.165, 1.54) is 0 Å². The predicted molar refractivity (Wildman–Crippen MR) is 65.2 cm³/mol. The van der Waals surface area contributed by atoms with E-state index >= 15 is 0 Å². The van der Waals surface area contributed by atoms with Gasteiger partial charge in [-0.25, -0.2) is 0 Å². The van der Waals surface area contributed by atoms with Crippen LogP contribution in [0.2, 0.25) is 0 Å². The second-order valence-corrected chi connectivity index (χ2v) is 5.43. The van der Waals surface area contributed by atoms with Crippen molar-refractivity contribution in [3.8, 4) is 0 Å². The molecule has 90 valence electrons. The van der Waals surface area contributed by atoms with Gasteiger partial charge in [-0.05, 0) is 27.4 Å². The highest BCUT2D eigenvalue weighted by molar-refractivity contribution is 9.10. The lowest BCUT2D eigenvalue weighted by Crippen LogP contribution is -2.48. The van der Waals surface area contributed by atoms with Gasteiger partial charge in [-0.15, -0.1) is 0 Å². The Balaban J connectivity index is 3.98. The van der Waals surface area contributed by atoms with E-state index in [4.69, 9.17) is 0 Å². The topological polar surface area (TPSA) is 52.6 Å². The standard InChI is InChI=1S/C10H21BrN2O2/c1-5-8(11)9(14)12-6-10(2,15)7-13(3)4/h8,15H,5-7H2,1-4H3,(H,12,14). The summed E-state index contributed by atoms with van der Waals surface area (Å²) < 4.78 is 0. The van der Waals surface area contributed by atoms with Gasteiger partial charge in [0.05, 0.1) is 10.4 Å². The summed E-state index contributed by atoms with van der Waals surface area (Å²) >= 11 is 3.26. The maximum Gasteiger partial charge on any atom is 0.233 e. The molecule has 2 N–H and O–H groups in total. The summed E-state index contributed by atoms with van der Waals surface area (Å²) in [5.74, 6) is -0.0727. The molecule has 2 atom stereocenters. The van der Waals surface area contributed by atoms with E-state index in [0.29, 0.717) is 6.54 Å². The molecule has 0 saturated heterocycles. The molecule has 2 unspecified atom stereocenters. The number of alkyl halides is 1. The molecule has 0 fully saturated rings. The number of nitrogens with one attached hydrogen (secondary N) is 1. The number of nitrogens with zero attached hydrogens (tertiary/aromatic N) is 1. The maximum absolute atomic E-state index is 11.4. The van der Waals surface area contributed by atoms with Crippen LogP contribution in [0.5, 0.6) is 0 Å². The first-order valence-electron chi connectivity index (χ1n) is 5.07. The predicted octanol–water partition coefficient (Wildman–Crippen LogP) is 0.589. The number of rotatable bonds is 6. The molecule has 0 bridgehead atoms. The zero-order chi connectivity index (χ0) is 12.1. The summed E-state index contributed by atoms with van der Waals surface area (Å²) in [7, 11) is 3.77. The molecule has 15 heavy (non-hydrogen) atoms. The zero-order valence-electron chi connectivity index (χ0n) is 9.88. The van der Waals surface area contributed by atoms with E-state index in [1.54, 1.807) is 6.92 Å². The van der Waals surface area contributed by atoms with Crippen molar-refractivity contribution < 1.29 is 9.90 Å². The third-order valence-electron chi connectivity index (χ3n) is 1.94. The normalized spacial score (nSPS) is 17.3. The van der Waals surface area contributed by atoms with E-state index < -0.39 is 5.60 Å². The Labute approximate surface area is 100 Å². The SMILES string of the molecule is CCC(Br)C(=O)NCC(C)(O)CN(C)C. The second kappa shape index (κ2) is 6.45. The number of halogens is 1. The lowest BCUT2D eigenvalue weighted by Gasteiger charge is -2.27. The van der Waals surface area contributed by atoms with Crippen molar-refractivity contribution in [1.82, 2.24) is 10.2 Å². The first kappa shape index (κ1) is 14.9. The van der Waals surface area contributed by atoms with Crippen molar-refractivity contribution in [3.05, 3.63) is 0 Å². The number of hydrogen-bond acceptors (Lipinski definition) is 3. The Bertz CT molecular complexity index is 208. The quantitative estimate of drug-likeness (QED) is 0.701. The van der Waals surface area contributed by atoms with Crippen LogP contribution in [-0.2, 0) is 4.79 Å². The maximum atomic E-state index is 11.4. The Morgan fingerprint density at radius 3 is 2.53 bits per heavy atom. The van der Waals surface area contributed by atoms with E-state index in [9.17, 15) is 9.90 Å². The highest BCUT2D eigenvalue weighted by Crippen LogP contribution is 2.06. The molecular formula is C10H21BrN2O2. The molecule has 0 aromatic rings. The van der Waals surface area contributed by atoms with Gasteiger partial charge in [0.1, 0.15) is 0 Å². The summed E-state index contributed by atoms with van der Waals surface area (Å²) in [5.41, 5.74) is -0.889. The smallest absolute Gasteiger partial charge is 0.233 e. The molecule has 1 amide bonds. The molecule has 4 nitrogen and oxygen atoms in total. The largest absolute Gasteiger partial charge is 0.387 e. The van der Waals surface area contributed by atoms with Crippen molar-refractivity contribution in [2.24, 2.45) is 0 Å². The third kappa shape index (κ3) is 6.87. The van der Waals surface area contributed by atoms with Gasteiger partial charge in [-0.3, -0.25) is 4.79 Å². The number of aliphatic hydroxyl groups is 1. The summed E-state index contributed by atoms with van der Waals surface area (Å²) in [6.07, 6.45) is 0.738. The molecule has 0 radical (unpaired) electrons. The van der Waals surface area contributed by atoms with Crippen LogP contribution in [0.3, 0.4) is 0 Å². The van der Waals surface area contributed by atoms with Crippen LogP contribution < -0.4 is 5.32 Å². The van der Waals surface area contributed by atoms with Crippen LogP contribution in [0, 0.1) is 0 Å². The Morgan fingerprint density at radius 1 is 1.60 bits per heavy atom. The highest BCUT2D eigenvalue weighted by atomic mass is 79.9. The van der Waals surface area contributed by atoms with Crippen LogP contribution in [0.25, 0.3) is 0 Å². The molecule has 0 rings (SSSR count). The van der Waals surface area contributed by atoms with Crippen molar-refractivity contribution in [3.63, 3.8) is 0 Å². The Kier molecular flexibility index (Phi) is 6.40. The Morgan fingerprint density at radius 2 is 2.13 bits per heavy atom. The Hall–Kier alpha value is -0.130. The van der Waals surface area contributed by atoms with Gasteiger partial charge < -0.3 is 15.3 Å². The fourth-order valence-corrected chi connectivity index (χ4v) is 1.47. The molecule has 0 aromatic carbocycles. The van der Waals surface area contributed by atoms with Gasteiger partial charge in [-0.2, -0.15) is 0 Å². The van der Waals surface area contributed by atoms with Gasteiger partial charge >= 0.3 is 0 Å². The second-order valence-electron chi connectivity index (χ2n) is 4.33. The van der Waals surface area contributed by atoms with E-state index in [2.05, 4.69) is 21.2 Å². The molecule has 0 aliphatic carbocycles. The van der Waals surface area contributed by atoms with Gasteiger partial charge in [0.15, 0.2) is 0 Å². The molecule has 0 spiro atoms. The number of likely N-dealkylation sites (N-methyl/N-ethyl adjacent to an activating group) is 1. The molecule has 5 heteroatoms. The summed E-state index contributed by atoms with van der Waals surface area (Å²) in [6, 6.07) is 0. The minimum Gasteiger partial charge on any atom is -0.387 e. The van der Waals surface area contributed by atoms with Gasteiger partial charge in [-0.1, -0.05) is 22.9 Å². The summed E-state index contributed by atoms with van der Waals surface area (Å²) in [6.45, 7) is 4.43. The number of hydrogen-bond donors (Lipinski definition) is 2. The lowest BCUT2D eigenvalue weighted by molar-refractivity contribution is -0.121. The monoisotopic (exact) mass is 280 g/mol. The lowest BCUT2D eigenvalue weighted by atomic mass is 10.1. The van der Waals surface area contributed by atoms with Crippen molar-refractivity contribution in [1.29, 1.82) is 0 Å². The van der Waals surface area contributed by atoms with Crippen LogP contribution >= 0.6 is 15.9 Å². The van der Waals surface area contributed by atoms with Crippen LogP contribution in [0.15, 0.2) is 0 Å². The van der Waals surface area contributed by atoms with Crippen LogP contribution in [-0.4, -0.2) is 53.5 Å². The number of amides is 1. The zero-order valence-corrected chi connectivity index (χ0v) is 11.5. The molecule has 0 saturated carbocycles. The van der Waals surface area contributed by atoms with E-state index in [-0.39, 0.29) is 17.3 Å². The first-order valence-corrected chi connectivity index (χ1v) is 5.99. The molecular weight excluding hydrogens is 260 g/mol. The van der Waals surface area contributed by atoms with Crippen molar-refractivity contribution >= 4 is 21.8 Å². The van der Waals surface area contributed by atoms with E-state index in [0.717, 1.165) is 6.42 Å². The molecule has 0 heterocycles. The van der Waals surface area contributed by atoms with Gasteiger partial charge in [0.25, 0.3) is 0 Å². The first-order chi connectivity index (χ1) is 6.78. The summed E-state index contributed by atoms with van der Waals surface area (Å²) in [4.78, 5) is 13.1. The van der Waals surface area contributed by atoms with Crippen molar-refractivity contribution in [2.75, 3.05) is 27.2 Å². The third-order valence-corrected chi connectivity index (χ3v) is 3.01. The van der Waals surface area contributed by atoms with E-state index in [1.807, 2.05) is 25.9 Å². The fourth-order valence-electron chi connectivity index (χ4n) is 1.31. The van der Waals surface area contributed by atoms with Crippen LogP contribution in [0.1, 0.15) is 20.3 Å². The summed E-state index contributed by atoms with van der Waals surface area (Å²) in [5, 5.41) is 12.6. The van der Waals surface area contributed by atoms with Crippen LogP contribution in [0.4, 0.5) is 0 Å². The molecule has 0 aliphatic heterocycles. The molecule has 0 aliphatic rings. The minimum atomic E-state index is -0.889. The number of carbonyl (C=O) groups is 1. The number of carbonyl (C=O) groups excluding carboxylic acids is 1. The van der Waals surface area contributed by atoms with Crippen molar-refractivity contribution in [2.45, 2.75) is 30.7 Å². The highest BCUT2D eigenvalue weighted by Gasteiger charge is 2.23. The average Bonchev–Trinajstić information content (AvgIpc) is 2.11.